The van der Waals surface area contributed by atoms with Gasteiger partial charge in [-0.05, 0) is 61.0 Å². The summed E-state index contributed by atoms with van der Waals surface area (Å²) in [5, 5.41) is 15.9. The summed E-state index contributed by atoms with van der Waals surface area (Å²) in [4.78, 5) is 10.3. The molecule has 18 heavy (non-hydrogen) atoms. The van der Waals surface area contributed by atoms with Crippen molar-refractivity contribution in [3.8, 4) is 0 Å². The van der Waals surface area contributed by atoms with Crippen molar-refractivity contribution in [2.75, 3.05) is 5.32 Å². The molecule has 0 aliphatic heterocycles. The monoisotopic (exact) mass is 390 g/mol. The first-order valence-corrected chi connectivity index (χ1v) is 7.43. The molecule has 0 radical (unpaired) electrons. The fourth-order valence-electron chi connectivity index (χ4n) is 1.41. The summed E-state index contributed by atoms with van der Waals surface area (Å²) in [5.74, 6) is 0. The number of halogens is 2. The third-order valence-corrected chi connectivity index (χ3v) is 4.45. The molecule has 2 rings (SSSR count). The lowest BCUT2D eigenvalue weighted by Crippen LogP contribution is -1.98. The lowest BCUT2D eigenvalue weighted by atomic mass is 10.2. The van der Waals surface area contributed by atoms with E-state index in [9.17, 15) is 10.1 Å². The molecule has 2 aromatic rings. The Hall–Kier alpha value is -0.920. The number of nitrogens with zero attached hydrogens (tertiary/aromatic N) is 1. The summed E-state index contributed by atoms with van der Waals surface area (Å²) in [6.45, 7) is 0.687. The van der Waals surface area contributed by atoms with Gasteiger partial charge >= 0.3 is 0 Å². The zero-order chi connectivity index (χ0) is 13.1. The largest absolute Gasteiger partial charge is 0.381 e. The number of rotatable bonds is 4. The molecule has 0 saturated carbocycles. The van der Waals surface area contributed by atoms with Crippen molar-refractivity contribution in [1.29, 1.82) is 0 Å². The Morgan fingerprint density at radius 2 is 2.11 bits per heavy atom. The molecule has 0 unspecified atom stereocenters. The topological polar surface area (TPSA) is 55.2 Å². The Bertz CT molecular complexity index is 586. The van der Waals surface area contributed by atoms with Crippen LogP contribution in [0.25, 0.3) is 0 Å². The molecule has 0 fully saturated rings. The lowest BCUT2D eigenvalue weighted by molar-refractivity contribution is -0.385. The molecule has 0 spiro atoms. The van der Waals surface area contributed by atoms with Crippen molar-refractivity contribution in [2.45, 2.75) is 6.54 Å². The zero-order valence-electron chi connectivity index (χ0n) is 9.02. The molecule has 1 aromatic heterocycles. The average Bonchev–Trinajstić information content (AvgIpc) is 2.72. The molecule has 0 bridgehead atoms. The van der Waals surface area contributed by atoms with Gasteiger partial charge in [0.2, 0.25) is 0 Å². The molecule has 1 heterocycles. The Labute approximate surface area is 124 Å². The van der Waals surface area contributed by atoms with Crippen LogP contribution < -0.4 is 5.32 Å². The predicted molar refractivity (Wildman–Crippen MR) is 80.1 cm³/mol. The fourth-order valence-corrected chi connectivity index (χ4v) is 3.14. The van der Waals surface area contributed by atoms with E-state index in [0.717, 1.165) is 9.47 Å². The highest BCUT2D eigenvalue weighted by atomic mass is 79.9. The van der Waals surface area contributed by atoms with Gasteiger partial charge in [0.15, 0.2) is 0 Å². The van der Waals surface area contributed by atoms with Crippen LogP contribution in [0.3, 0.4) is 0 Å². The Kier molecular flexibility index (Phi) is 4.36. The van der Waals surface area contributed by atoms with E-state index in [1.54, 1.807) is 23.5 Å². The van der Waals surface area contributed by atoms with Gasteiger partial charge in [0.25, 0.3) is 5.69 Å². The molecule has 1 aromatic carbocycles. The van der Waals surface area contributed by atoms with Crippen LogP contribution in [0.5, 0.6) is 0 Å². The van der Waals surface area contributed by atoms with E-state index in [1.807, 2.05) is 6.07 Å². The fraction of sp³-hybridized carbons (Fsp3) is 0.0909. The molecule has 0 aliphatic carbocycles. The SMILES string of the molecule is O=[N+]([O-])c1ccc(NCc2csc(Br)c2)cc1Br. The van der Waals surface area contributed by atoms with E-state index >= 15 is 0 Å². The van der Waals surface area contributed by atoms with Crippen LogP contribution in [0.15, 0.2) is 37.9 Å². The number of anilines is 1. The van der Waals surface area contributed by atoms with Crippen molar-refractivity contribution in [3.63, 3.8) is 0 Å². The third kappa shape index (κ3) is 3.30. The van der Waals surface area contributed by atoms with Crippen LogP contribution in [0.1, 0.15) is 5.56 Å². The van der Waals surface area contributed by atoms with Gasteiger partial charge < -0.3 is 5.32 Å². The van der Waals surface area contributed by atoms with Crippen LogP contribution in [-0.2, 0) is 6.54 Å². The number of hydrogen-bond acceptors (Lipinski definition) is 4. The maximum Gasteiger partial charge on any atom is 0.283 e. The van der Waals surface area contributed by atoms with E-state index in [4.69, 9.17) is 0 Å². The minimum atomic E-state index is -0.413. The second kappa shape index (κ2) is 5.81. The van der Waals surface area contributed by atoms with Gasteiger partial charge in [-0.15, -0.1) is 11.3 Å². The number of thiophene rings is 1. The van der Waals surface area contributed by atoms with Gasteiger partial charge in [-0.1, -0.05) is 0 Å². The molecule has 0 aliphatic rings. The molecular formula is C11H8Br2N2O2S. The van der Waals surface area contributed by atoms with Gasteiger partial charge in [-0.25, -0.2) is 0 Å². The van der Waals surface area contributed by atoms with Crippen molar-refractivity contribution >= 4 is 54.6 Å². The van der Waals surface area contributed by atoms with Crippen LogP contribution in [0.4, 0.5) is 11.4 Å². The standard InChI is InChI=1S/C11H8Br2N2O2S/c12-9-4-8(1-2-10(9)15(16)17)14-5-7-3-11(13)18-6-7/h1-4,6,14H,5H2. The van der Waals surface area contributed by atoms with Gasteiger partial charge in [-0.2, -0.15) is 0 Å². The highest BCUT2D eigenvalue weighted by Crippen LogP contribution is 2.28. The molecular weight excluding hydrogens is 384 g/mol. The highest BCUT2D eigenvalue weighted by molar-refractivity contribution is 9.11. The van der Waals surface area contributed by atoms with Gasteiger partial charge in [-0.3, -0.25) is 10.1 Å². The van der Waals surface area contributed by atoms with Crippen molar-refractivity contribution < 1.29 is 4.92 Å². The summed E-state index contributed by atoms with van der Waals surface area (Å²) >= 11 is 8.22. The minimum absolute atomic E-state index is 0.0684. The number of benzene rings is 1. The summed E-state index contributed by atoms with van der Waals surface area (Å²) in [6, 6.07) is 6.93. The van der Waals surface area contributed by atoms with Gasteiger partial charge in [0, 0.05) is 18.3 Å². The molecule has 94 valence electrons. The predicted octanol–water partition coefficient (Wildman–Crippen LogP) is 4.79. The summed E-state index contributed by atoms with van der Waals surface area (Å²) in [5.41, 5.74) is 2.08. The van der Waals surface area contributed by atoms with Crippen molar-refractivity contribution in [1.82, 2.24) is 0 Å². The Morgan fingerprint density at radius 3 is 2.67 bits per heavy atom. The molecule has 4 nitrogen and oxygen atoms in total. The number of hydrogen-bond donors (Lipinski definition) is 1. The number of nitro benzene ring substituents is 1. The third-order valence-electron chi connectivity index (χ3n) is 2.26. The first-order chi connectivity index (χ1) is 8.56. The lowest BCUT2D eigenvalue weighted by Gasteiger charge is -2.05. The average molecular weight is 392 g/mol. The zero-order valence-corrected chi connectivity index (χ0v) is 13.0. The van der Waals surface area contributed by atoms with Gasteiger partial charge in [0.05, 0.1) is 13.2 Å². The molecule has 7 heteroatoms. The van der Waals surface area contributed by atoms with Crippen LogP contribution in [-0.4, -0.2) is 4.92 Å². The smallest absolute Gasteiger partial charge is 0.283 e. The van der Waals surface area contributed by atoms with E-state index in [0.29, 0.717) is 11.0 Å². The maximum atomic E-state index is 10.7. The van der Waals surface area contributed by atoms with Gasteiger partial charge in [0.1, 0.15) is 0 Å². The quantitative estimate of drug-likeness (QED) is 0.601. The Balaban J connectivity index is 2.06. The number of nitrogens with one attached hydrogen (secondary N) is 1. The van der Waals surface area contributed by atoms with Crippen LogP contribution in [0, 0.1) is 10.1 Å². The van der Waals surface area contributed by atoms with E-state index in [1.165, 1.54) is 11.6 Å². The van der Waals surface area contributed by atoms with Crippen molar-refractivity contribution in [2.24, 2.45) is 0 Å². The van der Waals surface area contributed by atoms with Crippen LogP contribution >= 0.6 is 43.2 Å². The first kappa shape index (κ1) is 13.5. The highest BCUT2D eigenvalue weighted by Gasteiger charge is 2.11. The van der Waals surface area contributed by atoms with Crippen molar-refractivity contribution in [3.05, 3.63) is 53.6 Å². The number of nitro groups is 1. The second-order valence-electron chi connectivity index (χ2n) is 3.54. The normalized spacial score (nSPS) is 10.3. The van der Waals surface area contributed by atoms with Crippen LogP contribution in [0.2, 0.25) is 0 Å². The minimum Gasteiger partial charge on any atom is -0.381 e. The summed E-state index contributed by atoms with van der Waals surface area (Å²) in [7, 11) is 0. The first-order valence-electron chi connectivity index (χ1n) is 4.97. The molecule has 0 atom stereocenters. The Morgan fingerprint density at radius 1 is 1.33 bits per heavy atom. The molecule has 1 N–H and O–H groups in total. The molecule has 0 saturated heterocycles. The maximum absolute atomic E-state index is 10.7. The van der Waals surface area contributed by atoms with E-state index < -0.39 is 4.92 Å². The van der Waals surface area contributed by atoms with E-state index in [2.05, 4.69) is 42.6 Å². The summed E-state index contributed by atoms with van der Waals surface area (Å²) in [6.07, 6.45) is 0. The molecule has 0 amide bonds. The second-order valence-corrected chi connectivity index (χ2v) is 6.68. The summed E-state index contributed by atoms with van der Waals surface area (Å²) < 4.78 is 1.56. The van der Waals surface area contributed by atoms with E-state index in [-0.39, 0.29) is 5.69 Å².